The number of carbonyl (C=O) groups is 1. The molecular formula is C14H23N3O3. The van der Waals surface area contributed by atoms with Gasteiger partial charge in [0.05, 0.1) is 5.69 Å². The predicted molar refractivity (Wildman–Crippen MR) is 78.9 cm³/mol. The summed E-state index contributed by atoms with van der Waals surface area (Å²) in [5, 5.41) is 14.5. The molecule has 1 aromatic heterocycles. The van der Waals surface area contributed by atoms with E-state index < -0.39 is 0 Å². The third-order valence-corrected chi connectivity index (χ3v) is 3.14. The Kier molecular flexibility index (Phi) is 6.24. The molecular weight excluding hydrogens is 258 g/mol. The fraction of sp³-hybridized carbons (Fsp3) is 0.571. The molecule has 1 unspecified atom stereocenters. The second kappa shape index (κ2) is 7.69. The molecule has 1 heterocycles. The van der Waals surface area contributed by atoms with Crippen molar-refractivity contribution in [2.45, 2.75) is 39.8 Å². The number of rotatable bonds is 6. The molecule has 0 bridgehead atoms. The molecule has 0 aliphatic heterocycles. The molecule has 112 valence electrons. The zero-order valence-corrected chi connectivity index (χ0v) is 12.2. The lowest BCUT2D eigenvalue weighted by Crippen LogP contribution is -2.41. The van der Waals surface area contributed by atoms with Crippen LogP contribution in [0.2, 0.25) is 0 Å². The summed E-state index contributed by atoms with van der Waals surface area (Å²) in [7, 11) is 0. The van der Waals surface area contributed by atoms with Crippen LogP contribution >= 0.6 is 0 Å². The summed E-state index contributed by atoms with van der Waals surface area (Å²) in [6.45, 7) is 6.41. The van der Waals surface area contributed by atoms with Gasteiger partial charge in [0.1, 0.15) is 0 Å². The molecule has 1 atom stereocenters. The van der Waals surface area contributed by atoms with Crippen molar-refractivity contribution in [3.63, 3.8) is 0 Å². The monoisotopic (exact) mass is 281 g/mol. The Morgan fingerprint density at radius 1 is 1.40 bits per heavy atom. The number of anilines is 1. The quantitative estimate of drug-likeness (QED) is 0.737. The molecule has 1 aromatic rings. The van der Waals surface area contributed by atoms with Crippen molar-refractivity contribution < 1.29 is 9.90 Å². The van der Waals surface area contributed by atoms with Crippen molar-refractivity contribution in [2.75, 3.05) is 11.9 Å². The molecule has 0 aromatic carbocycles. The smallest absolute Gasteiger partial charge is 0.319 e. The van der Waals surface area contributed by atoms with Gasteiger partial charge in [0.15, 0.2) is 0 Å². The van der Waals surface area contributed by atoms with E-state index in [1.165, 1.54) is 10.6 Å². The number of nitrogens with zero attached hydrogens (tertiary/aromatic N) is 1. The third-order valence-electron chi connectivity index (χ3n) is 3.14. The Hall–Kier alpha value is -1.82. The minimum absolute atomic E-state index is 0.0316. The zero-order chi connectivity index (χ0) is 15.1. The molecule has 0 fully saturated rings. The number of hydrogen-bond donors (Lipinski definition) is 3. The first-order valence-electron chi connectivity index (χ1n) is 6.86. The average molecular weight is 281 g/mol. The van der Waals surface area contributed by atoms with Gasteiger partial charge in [-0.05, 0) is 25.3 Å². The van der Waals surface area contributed by atoms with Crippen molar-refractivity contribution in [3.8, 4) is 0 Å². The minimum atomic E-state index is -0.335. The van der Waals surface area contributed by atoms with Gasteiger partial charge in [-0.25, -0.2) is 4.79 Å². The summed E-state index contributed by atoms with van der Waals surface area (Å²) in [4.78, 5) is 23.3. The van der Waals surface area contributed by atoms with Crippen molar-refractivity contribution in [2.24, 2.45) is 5.92 Å². The summed E-state index contributed by atoms with van der Waals surface area (Å²) in [5.74, 6) is 0.234. The van der Waals surface area contributed by atoms with Gasteiger partial charge >= 0.3 is 6.03 Å². The number of urea groups is 1. The molecule has 20 heavy (non-hydrogen) atoms. The number of aryl methyl sites for hydroxylation is 1. The highest BCUT2D eigenvalue weighted by atomic mass is 16.3. The Morgan fingerprint density at radius 2 is 2.10 bits per heavy atom. The molecule has 6 nitrogen and oxygen atoms in total. The summed E-state index contributed by atoms with van der Waals surface area (Å²) >= 11 is 0. The third kappa shape index (κ3) is 4.70. The molecule has 1 rings (SSSR count). The van der Waals surface area contributed by atoms with E-state index in [4.69, 9.17) is 5.11 Å². The fourth-order valence-corrected chi connectivity index (χ4v) is 1.90. The molecule has 6 heteroatoms. The van der Waals surface area contributed by atoms with Crippen LogP contribution in [0, 0.1) is 5.92 Å². The van der Waals surface area contributed by atoms with Gasteiger partial charge in [0.25, 0.3) is 5.56 Å². The van der Waals surface area contributed by atoms with Gasteiger partial charge in [0, 0.05) is 31.5 Å². The van der Waals surface area contributed by atoms with Crippen LogP contribution in [-0.2, 0) is 6.54 Å². The number of nitrogens with one attached hydrogen (secondary N) is 2. The SMILES string of the molecule is CCn1cc(NC(=O)NC(CCO)C(C)C)ccc1=O. The van der Waals surface area contributed by atoms with Crippen LogP contribution in [0.4, 0.5) is 10.5 Å². The second-order valence-corrected chi connectivity index (χ2v) is 5.00. The van der Waals surface area contributed by atoms with E-state index in [0.717, 1.165) is 0 Å². The van der Waals surface area contributed by atoms with Crippen LogP contribution in [0.15, 0.2) is 23.1 Å². The van der Waals surface area contributed by atoms with Crippen molar-refractivity contribution >= 4 is 11.7 Å². The number of aliphatic hydroxyl groups excluding tert-OH is 1. The van der Waals surface area contributed by atoms with Gasteiger partial charge in [-0.1, -0.05) is 13.8 Å². The molecule has 0 aliphatic carbocycles. The number of hydrogen-bond acceptors (Lipinski definition) is 3. The average Bonchev–Trinajstić information content (AvgIpc) is 2.40. The maximum atomic E-state index is 11.9. The maximum Gasteiger partial charge on any atom is 0.319 e. The van der Waals surface area contributed by atoms with Crippen molar-refractivity contribution in [3.05, 3.63) is 28.7 Å². The predicted octanol–water partition coefficient (Wildman–Crippen LogP) is 1.40. The van der Waals surface area contributed by atoms with E-state index in [1.807, 2.05) is 20.8 Å². The summed E-state index contributed by atoms with van der Waals surface area (Å²) in [5.41, 5.74) is 0.467. The van der Waals surface area contributed by atoms with E-state index in [2.05, 4.69) is 10.6 Å². The highest BCUT2D eigenvalue weighted by Gasteiger charge is 2.15. The highest BCUT2D eigenvalue weighted by molar-refractivity contribution is 5.89. The van der Waals surface area contributed by atoms with Crippen LogP contribution in [-0.4, -0.2) is 28.4 Å². The Bertz CT molecular complexity index is 497. The van der Waals surface area contributed by atoms with Crippen LogP contribution < -0.4 is 16.2 Å². The molecule has 0 spiro atoms. The van der Waals surface area contributed by atoms with Gasteiger partial charge in [-0.2, -0.15) is 0 Å². The summed E-state index contributed by atoms with van der Waals surface area (Å²) < 4.78 is 1.52. The van der Waals surface area contributed by atoms with Crippen LogP contribution in [0.25, 0.3) is 0 Å². The normalized spacial score (nSPS) is 12.2. The Morgan fingerprint density at radius 3 is 2.65 bits per heavy atom. The van der Waals surface area contributed by atoms with Crippen molar-refractivity contribution in [1.82, 2.24) is 9.88 Å². The molecule has 0 aliphatic rings. The zero-order valence-electron chi connectivity index (χ0n) is 12.2. The first kappa shape index (κ1) is 16.2. The van der Waals surface area contributed by atoms with E-state index in [9.17, 15) is 9.59 Å². The van der Waals surface area contributed by atoms with Crippen LogP contribution in [0.1, 0.15) is 27.2 Å². The van der Waals surface area contributed by atoms with Gasteiger partial charge in [0.2, 0.25) is 0 Å². The first-order chi connectivity index (χ1) is 9.47. The molecule has 0 radical (unpaired) electrons. The van der Waals surface area contributed by atoms with Gasteiger partial charge < -0.3 is 20.3 Å². The molecule has 0 saturated carbocycles. The van der Waals surface area contributed by atoms with E-state index in [0.29, 0.717) is 18.7 Å². The number of carbonyl (C=O) groups excluding carboxylic acids is 1. The molecule has 2 amide bonds. The molecule has 0 saturated heterocycles. The van der Waals surface area contributed by atoms with Crippen molar-refractivity contribution in [1.29, 1.82) is 0 Å². The van der Waals surface area contributed by atoms with Gasteiger partial charge in [-0.3, -0.25) is 4.79 Å². The fourth-order valence-electron chi connectivity index (χ4n) is 1.90. The largest absolute Gasteiger partial charge is 0.396 e. The highest BCUT2D eigenvalue weighted by Crippen LogP contribution is 2.07. The number of amides is 2. The standard InChI is InChI=1S/C14H23N3O3/c1-4-17-9-11(5-6-13(17)19)15-14(20)16-12(7-8-18)10(2)3/h5-6,9-10,12,18H,4,7-8H2,1-3H3,(H2,15,16,20). The van der Waals surface area contributed by atoms with Crippen LogP contribution in [0.5, 0.6) is 0 Å². The minimum Gasteiger partial charge on any atom is -0.396 e. The summed E-state index contributed by atoms with van der Waals surface area (Å²) in [6.07, 6.45) is 2.12. The summed E-state index contributed by atoms with van der Waals surface area (Å²) in [6, 6.07) is 2.58. The maximum absolute atomic E-state index is 11.9. The van der Waals surface area contributed by atoms with Gasteiger partial charge in [-0.15, -0.1) is 0 Å². The van der Waals surface area contributed by atoms with E-state index in [-0.39, 0.29) is 30.2 Å². The number of pyridine rings is 1. The molecule has 3 N–H and O–H groups in total. The lowest BCUT2D eigenvalue weighted by atomic mass is 10.0. The Labute approximate surface area is 118 Å². The first-order valence-corrected chi connectivity index (χ1v) is 6.86. The van der Waals surface area contributed by atoms with E-state index >= 15 is 0 Å². The lowest BCUT2D eigenvalue weighted by Gasteiger charge is -2.21. The second-order valence-electron chi connectivity index (χ2n) is 5.00. The topological polar surface area (TPSA) is 83.4 Å². The number of aliphatic hydroxyl groups is 1. The van der Waals surface area contributed by atoms with E-state index in [1.54, 1.807) is 12.3 Å². The van der Waals surface area contributed by atoms with Crippen LogP contribution in [0.3, 0.4) is 0 Å². The lowest BCUT2D eigenvalue weighted by molar-refractivity contribution is 0.227. The Balaban J connectivity index is 2.68. The number of aromatic nitrogens is 1.